The lowest BCUT2D eigenvalue weighted by molar-refractivity contribution is -0.0505. The molecule has 2 unspecified atom stereocenters. The van der Waals surface area contributed by atoms with Gasteiger partial charge in [0.25, 0.3) is 0 Å². The van der Waals surface area contributed by atoms with Crippen LogP contribution in [-0.2, 0) is 13.8 Å². The van der Waals surface area contributed by atoms with Gasteiger partial charge in [-0.15, -0.1) is 0 Å². The Labute approximate surface area is 163 Å². The van der Waals surface area contributed by atoms with E-state index in [-0.39, 0.29) is 11.5 Å². The zero-order valence-electron chi connectivity index (χ0n) is 14.8. The molecule has 14 heteroatoms. The summed E-state index contributed by atoms with van der Waals surface area (Å²) >= 11 is 0. The van der Waals surface area contributed by atoms with Crippen LogP contribution in [0.1, 0.15) is 6.23 Å². The molecule has 1 fully saturated rings. The van der Waals surface area contributed by atoms with Crippen molar-refractivity contribution in [3.8, 4) is 0 Å². The van der Waals surface area contributed by atoms with Crippen LogP contribution in [0.25, 0.3) is 11.2 Å². The molecule has 2 aromatic heterocycles. The highest BCUT2D eigenvalue weighted by Gasteiger charge is 2.46. The highest BCUT2D eigenvalue weighted by Crippen LogP contribution is 2.49. The number of rotatable bonds is 5. The van der Waals surface area contributed by atoms with Gasteiger partial charge in [-0.3, -0.25) is 13.8 Å². The van der Waals surface area contributed by atoms with Crippen LogP contribution in [0.4, 0.5) is 5.82 Å². The molecule has 4 heterocycles. The van der Waals surface area contributed by atoms with Crippen LogP contribution in [0.5, 0.6) is 0 Å². The van der Waals surface area contributed by atoms with Crippen molar-refractivity contribution in [1.82, 2.24) is 24.2 Å². The van der Waals surface area contributed by atoms with Crippen molar-refractivity contribution in [3.05, 3.63) is 37.1 Å². The number of hydrogen-bond acceptors (Lipinski definition) is 10. The number of nitrogens with zero attached hydrogens (tertiary/aromatic N) is 5. The molecule has 0 saturated carbocycles. The Hall–Kier alpha value is -2.38. The summed E-state index contributed by atoms with van der Waals surface area (Å²) in [6.45, 7) is -0.521. The molecule has 29 heavy (non-hydrogen) atoms. The van der Waals surface area contributed by atoms with Gasteiger partial charge in [0.05, 0.1) is 12.9 Å². The molecule has 0 amide bonds. The summed E-state index contributed by atoms with van der Waals surface area (Å²) in [5.41, 5.74) is 6.33. The Bertz CT molecular complexity index is 1010. The second kappa shape index (κ2) is 7.46. The highest BCUT2D eigenvalue weighted by molar-refractivity contribution is 7.50. The van der Waals surface area contributed by atoms with Crippen molar-refractivity contribution >= 4 is 24.7 Å². The van der Waals surface area contributed by atoms with Crippen molar-refractivity contribution in [1.29, 1.82) is 0 Å². The van der Waals surface area contributed by atoms with Crippen LogP contribution in [-0.4, -0.2) is 75.5 Å². The minimum atomic E-state index is -4.43. The first kappa shape index (κ1) is 19.9. The zero-order valence-corrected chi connectivity index (χ0v) is 15.7. The molecule has 6 N–H and O–H groups in total. The number of nitrogen functional groups attached to an aromatic ring is 1. The molecule has 4 rings (SSSR count). The van der Waals surface area contributed by atoms with Crippen molar-refractivity contribution in [2.45, 2.75) is 30.8 Å². The standard InChI is InChI=1S/C15H19N6O7P/c16-13-10-14(18-6-17-13)20(7-19-10)15-12(24)11(23)8(28-15)5-27-29(25,26)21-4-2-1-3-9(21)22/h1-4,6-9,11-12,15,22-24H,5H2,(H,25,26)(H2,16,17,18)/t8-,9?,11-,12-,15-/m1/s1. The molecule has 13 nitrogen and oxygen atoms in total. The fourth-order valence-electron chi connectivity index (χ4n) is 3.10. The van der Waals surface area contributed by atoms with Crippen molar-refractivity contribution in [3.63, 3.8) is 0 Å². The van der Waals surface area contributed by atoms with Crippen LogP contribution < -0.4 is 5.73 Å². The topological polar surface area (TPSA) is 189 Å². The molecular formula is C15H19N6O7P. The normalized spacial score (nSPS) is 31.4. The molecule has 0 aromatic carbocycles. The fraction of sp³-hybridized carbons (Fsp3) is 0.400. The summed E-state index contributed by atoms with van der Waals surface area (Å²) in [5, 5.41) is 30.5. The zero-order chi connectivity index (χ0) is 20.8. The summed E-state index contributed by atoms with van der Waals surface area (Å²) in [7, 11) is -4.43. The predicted molar refractivity (Wildman–Crippen MR) is 97.6 cm³/mol. The van der Waals surface area contributed by atoms with Gasteiger partial charge in [-0.05, 0) is 12.2 Å². The highest BCUT2D eigenvalue weighted by atomic mass is 31.2. The number of allylic oxidation sites excluding steroid dienone is 2. The molecule has 2 aliphatic rings. The quantitative estimate of drug-likeness (QED) is 0.361. The molecule has 2 aromatic rings. The third kappa shape index (κ3) is 3.53. The maximum absolute atomic E-state index is 12.4. The van der Waals surface area contributed by atoms with E-state index in [1.807, 2.05) is 0 Å². The lowest BCUT2D eigenvalue weighted by Crippen LogP contribution is -2.35. The van der Waals surface area contributed by atoms with E-state index in [1.165, 1.54) is 41.6 Å². The molecule has 0 radical (unpaired) electrons. The first-order valence-electron chi connectivity index (χ1n) is 8.53. The molecule has 6 atom stereocenters. The summed E-state index contributed by atoms with van der Waals surface area (Å²) in [6, 6.07) is 0. The maximum atomic E-state index is 12.4. The summed E-state index contributed by atoms with van der Waals surface area (Å²) in [6.07, 6.45) is 1.66. The number of anilines is 1. The van der Waals surface area contributed by atoms with Gasteiger partial charge in [-0.2, -0.15) is 0 Å². The molecule has 0 aliphatic carbocycles. The monoisotopic (exact) mass is 426 g/mol. The average Bonchev–Trinajstić information content (AvgIpc) is 3.23. The first-order chi connectivity index (χ1) is 13.8. The van der Waals surface area contributed by atoms with E-state index >= 15 is 0 Å². The SMILES string of the molecule is Nc1ncnc2c1ncn2[C@@H]1O[C@H](COP(=O)(O)N2C=CC=CC2O)[C@@H](O)[C@H]1O. The Balaban J connectivity index is 1.49. The van der Waals surface area contributed by atoms with Crippen molar-refractivity contribution in [2.24, 2.45) is 0 Å². The summed E-state index contributed by atoms with van der Waals surface area (Å²) in [4.78, 5) is 22.1. The average molecular weight is 426 g/mol. The molecule has 2 aliphatic heterocycles. The number of aliphatic hydroxyl groups is 3. The Morgan fingerprint density at radius 1 is 1.21 bits per heavy atom. The number of hydrogen-bond donors (Lipinski definition) is 5. The summed E-state index contributed by atoms with van der Waals surface area (Å²) < 4.78 is 25.2. The minimum absolute atomic E-state index is 0.144. The van der Waals surface area contributed by atoms with Gasteiger partial charge in [-0.1, -0.05) is 6.08 Å². The van der Waals surface area contributed by atoms with Gasteiger partial charge < -0.3 is 30.7 Å². The Morgan fingerprint density at radius 2 is 2.00 bits per heavy atom. The second-order valence-electron chi connectivity index (χ2n) is 6.44. The van der Waals surface area contributed by atoms with Gasteiger partial charge in [0, 0.05) is 6.20 Å². The van der Waals surface area contributed by atoms with E-state index < -0.39 is 45.1 Å². The minimum Gasteiger partial charge on any atom is -0.387 e. The van der Waals surface area contributed by atoms with Gasteiger partial charge in [0.15, 0.2) is 23.9 Å². The predicted octanol–water partition coefficient (Wildman–Crippen LogP) is -1.15. The molecule has 156 valence electrons. The van der Waals surface area contributed by atoms with Gasteiger partial charge >= 0.3 is 7.75 Å². The number of nitrogens with two attached hydrogens (primary N) is 1. The van der Waals surface area contributed by atoms with E-state index in [1.54, 1.807) is 0 Å². The Kier molecular flexibility index (Phi) is 5.12. The smallest absolute Gasteiger partial charge is 0.387 e. The third-order valence-corrected chi connectivity index (χ3v) is 6.04. The van der Waals surface area contributed by atoms with Crippen LogP contribution in [0.15, 0.2) is 37.1 Å². The number of imidazole rings is 1. The largest absolute Gasteiger partial charge is 0.434 e. The van der Waals surface area contributed by atoms with Gasteiger partial charge in [0.1, 0.15) is 30.2 Å². The molecular weight excluding hydrogens is 407 g/mol. The van der Waals surface area contributed by atoms with Crippen molar-refractivity contribution < 1.29 is 34.0 Å². The number of fused-ring (bicyclic) bond motifs is 1. The second-order valence-corrected chi connectivity index (χ2v) is 8.14. The number of ether oxygens (including phenoxy) is 1. The first-order valence-corrected chi connectivity index (χ1v) is 10.1. The molecule has 1 saturated heterocycles. The van der Waals surface area contributed by atoms with Gasteiger partial charge in [0.2, 0.25) is 0 Å². The van der Waals surface area contributed by atoms with Crippen molar-refractivity contribution in [2.75, 3.05) is 12.3 Å². The maximum Gasteiger partial charge on any atom is 0.434 e. The van der Waals surface area contributed by atoms with Gasteiger partial charge in [-0.25, -0.2) is 19.5 Å². The Morgan fingerprint density at radius 3 is 2.76 bits per heavy atom. The number of aromatic nitrogens is 4. The number of aliphatic hydroxyl groups excluding tert-OH is 3. The molecule has 0 bridgehead atoms. The van der Waals surface area contributed by atoms with E-state index in [0.717, 1.165) is 4.67 Å². The van der Waals surface area contributed by atoms with E-state index in [4.69, 9.17) is 15.0 Å². The lowest BCUT2D eigenvalue weighted by Gasteiger charge is -2.30. The third-order valence-electron chi connectivity index (χ3n) is 4.60. The van der Waals surface area contributed by atoms with Crippen LogP contribution >= 0.6 is 7.75 Å². The van der Waals surface area contributed by atoms with E-state index in [0.29, 0.717) is 5.52 Å². The van der Waals surface area contributed by atoms with Crippen LogP contribution in [0, 0.1) is 0 Å². The van der Waals surface area contributed by atoms with E-state index in [2.05, 4.69) is 15.0 Å². The van der Waals surface area contributed by atoms with E-state index in [9.17, 15) is 24.8 Å². The fourth-order valence-corrected chi connectivity index (χ4v) is 4.20. The summed E-state index contributed by atoms with van der Waals surface area (Å²) in [5.74, 6) is 0.144. The van der Waals surface area contributed by atoms with Crippen LogP contribution in [0.3, 0.4) is 0 Å². The molecule has 0 spiro atoms. The van der Waals surface area contributed by atoms with Crippen LogP contribution in [0.2, 0.25) is 0 Å². The lowest BCUT2D eigenvalue weighted by atomic mass is 10.1.